The number of aromatic nitrogens is 2. The van der Waals surface area contributed by atoms with Crippen LogP contribution in [0, 0.1) is 0 Å². The Balaban J connectivity index is 1.97. The Morgan fingerprint density at radius 1 is 1.47 bits per heavy atom. The first-order valence-electron chi connectivity index (χ1n) is 6.78. The van der Waals surface area contributed by atoms with E-state index in [4.69, 9.17) is 10.5 Å². The van der Waals surface area contributed by atoms with Gasteiger partial charge >= 0.3 is 0 Å². The molecule has 2 heterocycles. The van der Waals surface area contributed by atoms with E-state index < -0.39 is 0 Å². The highest BCUT2D eigenvalue weighted by molar-refractivity contribution is 5.48. The average Bonchev–Trinajstić information content (AvgIpc) is 2.39. The van der Waals surface area contributed by atoms with Crippen molar-refractivity contribution in [3.63, 3.8) is 0 Å². The molecule has 0 radical (unpaired) electrons. The van der Waals surface area contributed by atoms with Crippen LogP contribution < -0.4 is 16.0 Å². The molecule has 6 nitrogen and oxygen atoms in total. The maximum atomic E-state index is 5.80. The van der Waals surface area contributed by atoms with Crippen molar-refractivity contribution >= 4 is 11.6 Å². The van der Waals surface area contributed by atoms with E-state index in [1.807, 2.05) is 24.9 Å². The van der Waals surface area contributed by atoms with Gasteiger partial charge in [-0.3, -0.25) is 0 Å². The smallest absolute Gasteiger partial charge is 0.133 e. The maximum absolute atomic E-state index is 5.80. The predicted molar refractivity (Wildman–Crippen MR) is 76.4 cm³/mol. The number of likely N-dealkylation sites (N-methyl/N-ethyl adjacent to an activating group) is 1. The van der Waals surface area contributed by atoms with Crippen LogP contribution in [-0.2, 0) is 4.74 Å². The van der Waals surface area contributed by atoms with Crippen molar-refractivity contribution in [2.75, 3.05) is 37.0 Å². The highest BCUT2D eigenvalue weighted by Gasteiger charge is 2.14. The number of nitrogens with one attached hydrogen (secondary N) is 1. The van der Waals surface area contributed by atoms with E-state index >= 15 is 0 Å². The summed E-state index contributed by atoms with van der Waals surface area (Å²) in [6.07, 6.45) is 3.64. The Kier molecular flexibility index (Phi) is 4.93. The highest BCUT2D eigenvalue weighted by atomic mass is 16.5. The van der Waals surface area contributed by atoms with E-state index in [1.165, 1.54) is 0 Å². The number of ether oxygens (including phenoxy) is 1. The second kappa shape index (κ2) is 6.68. The minimum absolute atomic E-state index is 0.117. The van der Waals surface area contributed by atoms with Gasteiger partial charge < -0.3 is 20.7 Å². The molecule has 3 N–H and O–H groups in total. The van der Waals surface area contributed by atoms with Crippen LogP contribution in [0.25, 0.3) is 0 Å². The quantitative estimate of drug-likeness (QED) is 0.822. The zero-order valence-electron chi connectivity index (χ0n) is 11.7. The molecule has 0 aromatic carbocycles. The van der Waals surface area contributed by atoms with Crippen LogP contribution in [0.3, 0.4) is 0 Å². The molecule has 19 heavy (non-hydrogen) atoms. The van der Waals surface area contributed by atoms with Crippen LogP contribution >= 0.6 is 0 Å². The number of hydrogen-bond donors (Lipinski definition) is 2. The fourth-order valence-electron chi connectivity index (χ4n) is 2.21. The van der Waals surface area contributed by atoms with Crippen LogP contribution in [0.5, 0.6) is 0 Å². The van der Waals surface area contributed by atoms with Gasteiger partial charge in [0.25, 0.3) is 0 Å². The molecule has 0 spiro atoms. The summed E-state index contributed by atoms with van der Waals surface area (Å²) in [5.74, 6) is 1.76. The van der Waals surface area contributed by atoms with E-state index in [0.717, 1.165) is 44.2 Å². The molecule has 1 aromatic heterocycles. The number of anilines is 2. The topological polar surface area (TPSA) is 76.3 Å². The standard InChI is InChI=1S/C13H23N5O/c1-10(14)8-18(2)13-7-12(15-9-16-13)17-11-3-5-19-6-4-11/h7,9-11H,3-6,8,14H2,1-2H3,(H,15,16,17). The second-order valence-electron chi connectivity index (χ2n) is 5.15. The SMILES string of the molecule is CC(N)CN(C)c1cc(NC2CCOCC2)ncn1. The Morgan fingerprint density at radius 2 is 2.21 bits per heavy atom. The first kappa shape index (κ1) is 14.0. The summed E-state index contributed by atoms with van der Waals surface area (Å²) in [7, 11) is 1.99. The Morgan fingerprint density at radius 3 is 2.89 bits per heavy atom. The normalized spacial score (nSPS) is 18.1. The van der Waals surface area contributed by atoms with Gasteiger partial charge in [-0.05, 0) is 19.8 Å². The second-order valence-corrected chi connectivity index (χ2v) is 5.15. The van der Waals surface area contributed by atoms with Crippen molar-refractivity contribution in [1.82, 2.24) is 9.97 Å². The number of hydrogen-bond acceptors (Lipinski definition) is 6. The molecule has 1 aliphatic heterocycles. The fourth-order valence-corrected chi connectivity index (χ4v) is 2.21. The lowest BCUT2D eigenvalue weighted by atomic mass is 10.1. The third-order valence-electron chi connectivity index (χ3n) is 3.18. The molecule has 1 aliphatic rings. The van der Waals surface area contributed by atoms with Gasteiger partial charge in [-0.15, -0.1) is 0 Å². The molecule has 0 aliphatic carbocycles. The highest BCUT2D eigenvalue weighted by Crippen LogP contribution is 2.16. The summed E-state index contributed by atoms with van der Waals surface area (Å²) in [4.78, 5) is 10.6. The van der Waals surface area contributed by atoms with Crippen molar-refractivity contribution in [3.8, 4) is 0 Å². The van der Waals surface area contributed by atoms with Crippen molar-refractivity contribution in [3.05, 3.63) is 12.4 Å². The average molecular weight is 265 g/mol. The van der Waals surface area contributed by atoms with Crippen molar-refractivity contribution in [2.45, 2.75) is 31.8 Å². The zero-order chi connectivity index (χ0) is 13.7. The number of nitrogens with zero attached hydrogens (tertiary/aromatic N) is 3. The molecule has 106 valence electrons. The molecule has 1 unspecified atom stereocenters. The molecular formula is C13H23N5O. The van der Waals surface area contributed by atoms with Gasteiger partial charge in [-0.25, -0.2) is 9.97 Å². The largest absolute Gasteiger partial charge is 0.381 e. The zero-order valence-corrected chi connectivity index (χ0v) is 11.7. The van der Waals surface area contributed by atoms with Crippen LogP contribution in [0.15, 0.2) is 12.4 Å². The Bertz CT molecular complexity index is 392. The molecule has 0 amide bonds. The van der Waals surface area contributed by atoms with Crippen LogP contribution in [0.1, 0.15) is 19.8 Å². The third kappa shape index (κ3) is 4.33. The maximum Gasteiger partial charge on any atom is 0.133 e. The van der Waals surface area contributed by atoms with Crippen LogP contribution in [0.2, 0.25) is 0 Å². The van der Waals surface area contributed by atoms with Gasteiger partial charge in [0.1, 0.15) is 18.0 Å². The van der Waals surface area contributed by atoms with Crippen LogP contribution in [-0.4, -0.2) is 48.9 Å². The van der Waals surface area contributed by atoms with Gasteiger partial charge in [0, 0.05) is 45.0 Å². The summed E-state index contributed by atoms with van der Waals surface area (Å²) < 4.78 is 5.35. The lowest BCUT2D eigenvalue weighted by molar-refractivity contribution is 0.0904. The fraction of sp³-hybridized carbons (Fsp3) is 0.692. The van der Waals surface area contributed by atoms with Crippen molar-refractivity contribution < 1.29 is 4.74 Å². The Hall–Kier alpha value is -1.40. The minimum Gasteiger partial charge on any atom is -0.381 e. The molecule has 2 rings (SSSR count). The summed E-state index contributed by atoms with van der Waals surface area (Å²) in [5, 5.41) is 3.44. The monoisotopic (exact) mass is 265 g/mol. The molecule has 1 aromatic rings. The van der Waals surface area contributed by atoms with Gasteiger partial charge in [0.15, 0.2) is 0 Å². The minimum atomic E-state index is 0.117. The lowest BCUT2D eigenvalue weighted by Gasteiger charge is -2.24. The van der Waals surface area contributed by atoms with Crippen LogP contribution in [0.4, 0.5) is 11.6 Å². The molecule has 1 fully saturated rings. The summed E-state index contributed by atoms with van der Waals surface area (Å²) in [6, 6.07) is 2.53. The van der Waals surface area contributed by atoms with E-state index in [2.05, 4.69) is 15.3 Å². The third-order valence-corrected chi connectivity index (χ3v) is 3.18. The van der Waals surface area contributed by atoms with E-state index in [9.17, 15) is 0 Å². The lowest BCUT2D eigenvalue weighted by Crippen LogP contribution is -2.33. The van der Waals surface area contributed by atoms with Crippen molar-refractivity contribution in [1.29, 1.82) is 0 Å². The summed E-state index contributed by atoms with van der Waals surface area (Å²) >= 11 is 0. The number of rotatable bonds is 5. The predicted octanol–water partition coefficient (Wildman–Crippen LogP) is 0.851. The molecule has 0 bridgehead atoms. The molecular weight excluding hydrogens is 242 g/mol. The Labute approximate surface area is 114 Å². The summed E-state index contributed by atoms with van der Waals surface area (Å²) in [6.45, 7) is 4.40. The van der Waals surface area contributed by atoms with Gasteiger partial charge in [0.05, 0.1) is 0 Å². The van der Waals surface area contributed by atoms with E-state index in [0.29, 0.717) is 6.04 Å². The van der Waals surface area contributed by atoms with Gasteiger partial charge in [-0.1, -0.05) is 0 Å². The van der Waals surface area contributed by atoms with Crippen molar-refractivity contribution in [2.24, 2.45) is 5.73 Å². The first-order valence-corrected chi connectivity index (χ1v) is 6.78. The molecule has 6 heteroatoms. The number of nitrogens with two attached hydrogens (primary N) is 1. The van der Waals surface area contributed by atoms with E-state index in [-0.39, 0.29) is 6.04 Å². The van der Waals surface area contributed by atoms with Gasteiger partial charge in [0.2, 0.25) is 0 Å². The first-order chi connectivity index (χ1) is 9.15. The summed E-state index contributed by atoms with van der Waals surface area (Å²) in [5.41, 5.74) is 5.80. The van der Waals surface area contributed by atoms with E-state index in [1.54, 1.807) is 6.33 Å². The molecule has 0 saturated carbocycles. The molecule has 1 atom stereocenters. The van der Waals surface area contributed by atoms with Gasteiger partial charge in [-0.2, -0.15) is 0 Å². The molecule has 1 saturated heterocycles.